The summed E-state index contributed by atoms with van der Waals surface area (Å²) in [4.78, 5) is 10.2. The fourth-order valence-electron chi connectivity index (χ4n) is 5.53. The second kappa shape index (κ2) is 12.4. The van der Waals surface area contributed by atoms with Crippen molar-refractivity contribution in [2.24, 2.45) is 9.98 Å². The zero-order valence-electron chi connectivity index (χ0n) is 28.3. The summed E-state index contributed by atoms with van der Waals surface area (Å²) >= 11 is 0. The van der Waals surface area contributed by atoms with E-state index < -0.39 is 16.1 Å². The third-order valence-electron chi connectivity index (χ3n) is 7.73. The van der Waals surface area contributed by atoms with Gasteiger partial charge in [-0.05, 0) is 60.4 Å². The molecular weight excluding hydrogens is 597 g/mol. The Morgan fingerprint density at radius 2 is 0.935 bits per heavy atom. The molecule has 2 heterocycles. The highest BCUT2D eigenvalue weighted by molar-refractivity contribution is 6.84. The Labute approximate surface area is 276 Å². The zero-order chi connectivity index (χ0) is 32.6. The predicted molar refractivity (Wildman–Crippen MR) is 199 cm³/mol. The van der Waals surface area contributed by atoms with Gasteiger partial charge in [0.1, 0.15) is 16.1 Å². The molecule has 0 saturated heterocycles. The minimum Gasteiger partial charge on any atom is -0.436 e. The second-order valence-electron chi connectivity index (χ2n) is 14.2. The number of nitrogens with zero attached hydrogens (tertiary/aromatic N) is 2. The van der Waals surface area contributed by atoms with Gasteiger partial charge in [0, 0.05) is 11.1 Å². The van der Waals surface area contributed by atoms with Crippen molar-refractivity contribution in [3.8, 4) is 34.4 Å². The van der Waals surface area contributed by atoms with Crippen LogP contribution in [0.25, 0.3) is 10.8 Å². The van der Waals surface area contributed by atoms with E-state index in [1.807, 2.05) is 0 Å². The lowest BCUT2D eigenvalue weighted by atomic mass is 9.96. The molecule has 6 rings (SSSR count). The molecule has 0 saturated carbocycles. The second-order valence-corrected chi connectivity index (χ2v) is 23.7. The van der Waals surface area contributed by atoms with E-state index in [2.05, 4.69) is 137 Å². The van der Waals surface area contributed by atoms with Crippen LogP contribution in [0.4, 0.5) is 11.4 Å². The van der Waals surface area contributed by atoms with Crippen molar-refractivity contribution in [2.75, 3.05) is 0 Å². The Morgan fingerprint density at radius 3 is 1.26 bits per heavy atom. The SMILES string of the molecule is CCCc1ccc(C2=Nc3cc(C#C[Si](C)(C)C)c4c5c(cc(C#C[Si](C)(C)C)c(c35)O2)N=C(c2ccc(CCC)cc2)O4)cc1. The number of aryl methyl sites for hydroxylation is 2. The molecule has 0 N–H and O–H groups in total. The Morgan fingerprint density at radius 1 is 0.565 bits per heavy atom. The van der Waals surface area contributed by atoms with E-state index in [9.17, 15) is 0 Å². The lowest BCUT2D eigenvalue weighted by molar-refractivity contribution is 0.545. The largest absolute Gasteiger partial charge is 0.436 e. The number of aliphatic imine (C=N–C) groups is 2. The molecule has 0 unspecified atom stereocenters. The highest BCUT2D eigenvalue weighted by atomic mass is 28.3. The minimum absolute atomic E-state index is 0.562. The van der Waals surface area contributed by atoms with Crippen LogP contribution in [0.15, 0.2) is 70.6 Å². The van der Waals surface area contributed by atoms with E-state index >= 15 is 0 Å². The summed E-state index contributed by atoms with van der Waals surface area (Å²) in [7, 11) is -3.39. The molecule has 4 aromatic rings. The molecule has 2 aliphatic heterocycles. The van der Waals surface area contributed by atoms with Crippen molar-refractivity contribution in [3.63, 3.8) is 0 Å². The highest BCUT2D eigenvalue weighted by Crippen LogP contribution is 2.51. The van der Waals surface area contributed by atoms with Crippen LogP contribution in [-0.2, 0) is 12.8 Å². The van der Waals surface area contributed by atoms with Crippen LogP contribution in [-0.4, -0.2) is 27.9 Å². The average molecular weight is 639 g/mol. The van der Waals surface area contributed by atoms with Gasteiger partial charge in [-0.2, -0.15) is 0 Å². The zero-order valence-corrected chi connectivity index (χ0v) is 30.3. The van der Waals surface area contributed by atoms with Crippen molar-refractivity contribution >= 4 is 50.1 Å². The van der Waals surface area contributed by atoms with Gasteiger partial charge < -0.3 is 9.47 Å². The first kappa shape index (κ1) is 31.6. The number of ether oxygens (including phenoxy) is 2. The van der Waals surface area contributed by atoms with Crippen LogP contribution in [0.5, 0.6) is 11.5 Å². The first-order chi connectivity index (χ1) is 21.9. The molecule has 0 atom stereocenters. The van der Waals surface area contributed by atoms with Gasteiger partial charge in [0.05, 0.1) is 33.3 Å². The lowest BCUT2D eigenvalue weighted by Crippen LogP contribution is -2.19. The molecule has 4 nitrogen and oxygen atoms in total. The maximum atomic E-state index is 6.70. The molecule has 0 bridgehead atoms. The van der Waals surface area contributed by atoms with Gasteiger partial charge in [-0.3, -0.25) is 0 Å². The van der Waals surface area contributed by atoms with Gasteiger partial charge in [-0.25, -0.2) is 9.98 Å². The van der Waals surface area contributed by atoms with E-state index in [1.165, 1.54) is 11.1 Å². The fraction of sp³-hybridized carbons (Fsp3) is 0.300. The average Bonchev–Trinajstić information content (AvgIpc) is 3.01. The van der Waals surface area contributed by atoms with Gasteiger partial charge in [-0.1, -0.05) is 102 Å². The van der Waals surface area contributed by atoms with Crippen LogP contribution in [0, 0.1) is 22.9 Å². The summed E-state index contributed by atoms with van der Waals surface area (Å²) in [6.45, 7) is 17.9. The van der Waals surface area contributed by atoms with Gasteiger partial charge in [0.2, 0.25) is 11.8 Å². The van der Waals surface area contributed by atoms with Crippen LogP contribution < -0.4 is 9.47 Å². The summed E-state index contributed by atoms with van der Waals surface area (Å²) in [5.41, 5.74) is 14.8. The normalized spacial score (nSPS) is 13.4. The molecule has 0 aliphatic carbocycles. The monoisotopic (exact) mass is 638 g/mol. The summed E-state index contributed by atoms with van der Waals surface area (Å²) in [6, 6.07) is 21.2. The molecule has 0 spiro atoms. The van der Waals surface area contributed by atoms with Crippen LogP contribution >= 0.6 is 0 Å². The molecule has 2 aliphatic rings. The van der Waals surface area contributed by atoms with Crippen LogP contribution in [0.1, 0.15) is 60.1 Å². The molecular formula is C40H42N2O2Si2. The molecule has 6 heteroatoms. The molecule has 232 valence electrons. The molecule has 0 aromatic heterocycles. The van der Waals surface area contributed by atoms with E-state index in [-0.39, 0.29) is 0 Å². The summed E-state index contributed by atoms with van der Waals surface area (Å²) in [5, 5.41) is 1.75. The number of benzene rings is 4. The number of rotatable bonds is 6. The Balaban J connectivity index is 1.61. The molecule has 46 heavy (non-hydrogen) atoms. The first-order valence-corrected chi connectivity index (χ1v) is 23.4. The van der Waals surface area contributed by atoms with E-state index in [1.54, 1.807) is 0 Å². The van der Waals surface area contributed by atoms with Gasteiger partial charge >= 0.3 is 0 Å². The van der Waals surface area contributed by atoms with Crippen LogP contribution in [0.2, 0.25) is 39.3 Å². The van der Waals surface area contributed by atoms with Crippen LogP contribution in [0.3, 0.4) is 0 Å². The van der Waals surface area contributed by atoms with Gasteiger partial charge in [0.15, 0.2) is 11.5 Å². The highest BCUT2D eigenvalue weighted by Gasteiger charge is 2.30. The maximum Gasteiger partial charge on any atom is 0.227 e. The van der Waals surface area contributed by atoms with Crippen molar-refractivity contribution < 1.29 is 9.47 Å². The van der Waals surface area contributed by atoms with Crippen molar-refractivity contribution in [3.05, 3.63) is 94.0 Å². The van der Waals surface area contributed by atoms with Gasteiger partial charge in [0.25, 0.3) is 0 Å². The summed E-state index contributed by atoms with van der Waals surface area (Å²) in [5.74, 6) is 9.56. The third kappa shape index (κ3) is 6.75. The molecule has 0 radical (unpaired) electrons. The Bertz CT molecular complexity index is 1870. The topological polar surface area (TPSA) is 43.2 Å². The first-order valence-electron chi connectivity index (χ1n) is 16.4. The van der Waals surface area contributed by atoms with Gasteiger partial charge in [-0.15, -0.1) is 11.1 Å². The standard InChI is InChI=1S/C40H42N2O2Si2/c1-9-11-27-13-17-29(18-14-27)39-41-33-25-32(22-24-46(6,7)8)38-36-34(26-31(21-23-45(3,4)5)37(43-39)35(33)36)42-40(44-38)30-19-15-28(12-10-2)16-20-30/h13-20,25-26H,9-12H2,1-8H3. The minimum atomic E-state index is -1.70. The van der Waals surface area contributed by atoms with Crippen molar-refractivity contribution in [2.45, 2.75) is 78.8 Å². The van der Waals surface area contributed by atoms with E-state index in [0.29, 0.717) is 23.3 Å². The van der Waals surface area contributed by atoms with E-state index in [0.717, 1.165) is 70.1 Å². The van der Waals surface area contributed by atoms with Crippen molar-refractivity contribution in [1.82, 2.24) is 0 Å². The molecule has 0 amide bonds. The molecule has 4 aromatic carbocycles. The summed E-state index contributed by atoms with van der Waals surface area (Å²) < 4.78 is 13.4. The summed E-state index contributed by atoms with van der Waals surface area (Å²) in [6.07, 6.45) is 4.30. The third-order valence-corrected chi connectivity index (χ3v) is 9.48. The predicted octanol–water partition coefficient (Wildman–Crippen LogP) is 10.1. The maximum absolute atomic E-state index is 6.70. The fourth-order valence-corrected chi connectivity index (χ4v) is 6.55. The van der Waals surface area contributed by atoms with E-state index in [4.69, 9.17) is 19.5 Å². The Kier molecular flexibility index (Phi) is 8.55. The number of hydrogen-bond donors (Lipinski definition) is 0. The lowest BCUT2D eigenvalue weighted by Gasteiger charge is -2.25. The number of hydrogen-bond acceptors (Lipinski definition) is 4. The Hall–Kier alpha value is -4.37. The smallest absolute Gasteiger partial charge is 0.227 e. The van der Waals surface area contributed by atoms with Crippen molar-refractivity contribution in [1.29, 1.82) is 0 Å². The quantitative estimate of drug-likeness (QED) is 0.156. The molecule has 0 fully saturated rings.